The second-order valence-electron chi connectivity index (χ2n) is 5.15. The van der Waals surface area contributed by atoms with Crippen LogP contribution in [0.1, 0.15) is 23.0 Å². The van der Waals surface area contributed by atoms with Crippen LogP contribution in [0.2, 0.25) is 0 Å². The molecule has 0 radical (unpaired) electrons. The lowest BCUT2D eigenvalue weighted by molar-refractivity contribution is -0.115. The predicted octanol–water partition coefficient (Wildman–Crippen LogP) is 3.19. The molecule has 0 spiro atoms. The van der Waals surface area contributed by atoms with Crippen LogP contribution in [0.3, 0.4) is 0 Å². The molecule has 1 amide bonds. The van der Waals surface area contributed by atoms with Crippen LogP contribution in [0.15, 0.2) is 53.1 Å². The maximum absolute atomic E-state index is 12.2. The molecule has 0 unspecified atom stereocenters. The summed E-state index contributed by atoms with van der Waals surface area (Å²) in [5.41, 5.74) is 2.13. The molecule has 3 aromatic rings. The molecule has 24 heavy (non-hydrogen) atoms. The highest BCUT2D eigenvalue weighted by molar-refractivity contribution is 5.96. The maximum atomic E-state index is 12.2. The van der Waals surface area contributed by atoms with E-state index >= 15 is 0 Å². The molecule has 122 valence electrons. The number of para-hydroxylation sites is 1. The van der Waals surface area contributed by atoms with Gasteiger partial charge < -0.3 is 14.6 Å². The van der Waals surface area contributed by atoms with Crippen LogP contribution in [0.4, 0.5) is 5.69 Å². The van der Waals surface area contributed by atoms with E-state index in [4.69, 9.17) is 9.26 Å². The SMILES string of the molecule is CCOC(=O)c1cccc(NC(=O)Cc2noc3ccccc23)c1. The molecule has 0 bridgehead atoms. The first-order chi connectivity index (χ1) is 11.7. The van der Waals surface area contributed by atoms with Gasteiger partial charge in [0, 0.05) is 11.1 Å². The van der Waals surface area contributed by atoms with E-state index in [2.05, 4.69) is 10.5 Å². The monoisotopic (exact) mass is 324 g/mol. The average molecular weight is 324 g/mol. The number of nitrogens with zero attached hydrogens (tertiary/aromatic N) is 1. The summed E-state index contributed by atoms with van der Waals surface area (Å²) in [6, 6.07) is 14.0. The van der Waals surface area contributed by atoms with Gasteiger partial charge >= 0.3 is 5.97 Å². The molecule has 0 atom stereocenters. The number of anilines is 1. The van der Waals surface area contributed by atoms with E-state index in [0.717, 1.165) is 5.39 Å². The molecular formula is C18H16N2O4. The van der Waals surface area contributed by atoms with Gasteiger partial charge in [-0.1, -0.05) is 23.4 Å². The summed E-state index contributed by atoms with van der Waals surface area (Å²) in [4.78, 5) is 23.9. The Morgan fingerprint density at radius 1 is 1.17 bits per heavy atom. The second kappa shape index (κ2) is 6.95. The van der Waals surface area contributed by atoms with Crippen molar-refractivity contribution in [2.24, 2.45) is 0 Å². The fraction of sp³-hybridized carbons (Fsp3) is 0.167. The first-order valence-electron chi connectivity index (χ1n) is 7.57. The number of carbonyl (C=O) groups excluding carboxylic acids is 2. The van der Waals surface area contributed by atoms with Crippen molar-refractivity contribution >= 4 is 28.5 Å². The molecule has 0 aliphatic carbocycles. The zero-order valence-corrected chi connectivity index (χ0v) is 13.1. The highest BCUT2D eigenvalue weighted by atomic mass is 16.5. The Morgan fingerprint density at radius 3 is 2.83 bits per heavy atom. The van der Waals surface area contributed by atoms with Crippen molar-refractivity contribution in [1.29, 1.82) is 0 Å². The lowest BCUT2D eigenvalue weighted by atomic mass is 10.1. The fourth-order valence-electron chi connectivity index (χ4n) is 2.36. The summed E-state index contributed by atoms with van der Waals surface area (Å²) in [6.07, 6.45) is 0.0840. The number of benzene rings is 2. The average Bonchev–Trinajstić information content (AvgIpc) is 2.98. The minimum absolute atomic E-state index is 0.0840. The van der Waals surface area contributed by atoms with Gasteiger partial charge in [0.25, 0.3) is 0 Å². The minimum atomic E-state index is -0.420. The molecule has 0 fully saturated rings. The van der Waals surface area contributed by atoms with E-state index in [9.17, 15) is 9.59 Å². The minimum Gasteiger partial charge on any atom is -0.462 e. The number of amides is 1. The van der Waals surface area contributed by atoms with Gasteiger partial charge in [-0.25, -0.2) is 4.79 Å². The molecule has 1 N–H and O–H groups in total. The van der Waals surface area contributed by atoms with Crippen LogP contribution in [-0.2, 0) is 16.0 Å². The maximum Gasteiger partial charge on any atom is 0.338 e. The van der Waals surface area contributed by atoms with Gasteiger partial charge in [-0.05, 0) is 37.3 Å². The molecule has 2 aromatic carbocycles. The third kappa shape index (κ3) is 3.43. The quantitative estimate of drug-likeness (QED) is 0.729. The Labute approximate surface area is 138 Å². The van der Waals surface area contributed by atoms with Gasteiger partial charge in [-0.3, -0.25) is 4.79 Å². The van der Waals surface area contributed by atoms with E-state index in [-0.39, 0.29) is 12.3 Å². The van der Waals surface area contributed by atoms with Gasteiger partial charge in [0.2, 0.25) is 5.91 Å². The molecule has 1 heterocycles. The first-order valence-corrected chi connectivity index (χ1v) is 7.57. The van der Waals surface area contributed by atoms with E-state index < -0.39 is 5.97 Å². The standard InChI is InChI=1S/C18H16N2O4/c1-2-23-18(22)12-6-5-7-13(10-12)19-17(21)11-15-14-8-3-4-9-16(14)24-20-15/h3-10H,2,11H2,1H3,(H,19,21). The Kier molecular flexibility index (Phi) is 4.56. The van der Waals surface area contributed by atoms with Crippen molar-refractivity contribution in [3.05, 3.63) is 59.8 Å². The van der Waals surface area contributed by atoms with Crippen molar-refractivity contribution in [2.45, 2.75) is 13.3 Å². The van der Waals surface area contributed by atoms with Crippen LogP contribution < -0.4 is 5.32 Å². The van der Waals surface area contributed by atoms with Crippen molar-refractivity contribution in [3.8, 4) is 0 Å². The highest BCUT2D eigenvalue weighted by Crippen LogP contribution is 2.19. The summed E-state index contributed by atoms with van der Waals surface area (Å²) < 4.78 is 10.1. The third-order valence-corrected chi connectivity index (χ3v) is 3.44. The Hall–Kier alpha value is -3.15. The first kappa shape index (κ1) is 15.7. The molecule has 0 aliphatic heterocycles. The molecule has 1 aromatic heterocycles. The third-order valence-electron chi connectivity index (χ3n) is 3.44. The number of carbonyl (C=O) groups is 2. The molecular weight excluding hydrogens is 308 g/mol. The Bertz CT molecular complexity index is 885. The largest absolute Gasteiger partial charge is 0.462 e. The number of esters is 1. The number of rotatable bonds is 5. The van der Waals surface area contributed by atoms with Gasteiger partial charge in [0.05, 0.1) is 18.6 Å². The number of ether oxygens (including phenoxy) is 1. The number of aromatic nitrogens is 1. The van der Waals surface area contributed by atoms with Crippen molar-refractivity contribution in [3.63, 3.8) is 0 Å². The summed E-state index contributed by atoms with van der Waals surface area (Å²) >= 11 is 0. The summed E-state index contributed by atoms with van der Waals surface area (Å²) in [6.45, 7) is 2.04. The fourth-order valence-corrected chi connectivity index (χ4v) is 2.36. The van der Waals surface area contributed by atoms with Gasteiger partial charge in [-0.2, -0.15) is 0 Å². The zero-order chi connectivity index (χ0) is 16.9. The topological polar surface area (TPSA) is 81.4 Å². The van der Waals surface area contributed by atoms with E-state index in [1.54, 1.807) is 37.3 Å². The van der Waals surface area contributed by atoms with E-state index in [1.165, 1.54) is 0 Å². The Balaban J connectivity index is 1.71. The highest BCUT2D eigenvalue weighted by Gasteiger charge is 2.13. The van der Waals surface area contributed by atoms with E-state index in [0.29, 0.717) is 29.1 Å². The summed E-state index contributed by atoms with van der Waals surface area (Å²) in [5.74, 6) is -0.661. The number of hydrogen-bond acceptors (Lipinski definition) is 5. The van der Waals surface area contributed by atoms with Crippen molar-refractivity contribution in [1.82, 2.24) is 5.16 Å². The normalized spacial score (nSPS) is 10.5. The second-order valence-corrected chi connectivity index (χ2v) is 5.15. The lowest BCUT2D eigenvalue weighted by Crippen LogP contribution is -2.15. The predicted molar refractivity (Wildman–Crippen MR) is 88.7 cm³/mol. The molecule has 0 saturated carbocycles. The van der Waals surface area contributed by atoms with Crippen LogP contribution in [-0.4, -0.2) is 23.6 Å². The van der Waals surface area contributed by atoms with Gasteiger partial charge in [0.1, 0.15) is 5.69 Å². The zero-order valence-electron chi connectivity index (χ0n) is 13.1. The molecule has 6 nitrogen and oxygen atoms in total. The molecule has 6 heteroatoms. The van der Waals surface area contributed by atoms with Gasteiger partial charge in [-0.15, -0.1) is 0 Å². The van der Waals surface area contributed by atoms with E-state index in [1.807, 2.05) is 18.2 Å². The number of nitrogens with one attached hydrogen (secondary N) is 1. The van der Waals surface area contributed by atoms with Crippen LogP contribution in [0.25, 0.3) is 11.0 Å². The summed E-state index contributed by atoms with van der Waals surface area (Å²) in [7, 11) is 0. The Morgan fingerprint density at radius 2 is 2.00 bits per heavy atom. The van der Waals surface area contributed by atoms with Gasteiger partial charge in [0.15, 0.2) is 5.58 Å². The molecule has 3 rings (SSSR count). The van der Waals surface area contributed by atoms with Crippen molar-refractivity contribution in [2.75, 3.05) is 11.9 Å². The molecule has 0 saturated heterocycles. The van der Waals surface area contributed by atoms with Crippen LogP contribution in [0, 0.1) is 0 Å². The molecule has 0 aliphatic rings. The van der Waals surface area contributed by atoms with Crippen LogP contribution in [0.5, 0.6) is 0 Å². The summed E-state index contributed by atoms with van der Waals surface area (Å²) in [5, 5.41) is 7.50. The smallest absolute Gasteiger partial charge is 0.338 e. The lowest BCUT2D eigenvalue weighted by Gasteiger charge is -2.06. The van der Waals surface area contributed by atoms with Crippen LogP contribution >= 0.6 is 0 Å². The van der Waals surface area contributed by atoms with Crippen molar-refractivity contribution < 1.29 is 18.8 Å². The number of fused-ring (bicyclic) bond motifs is 1. The number of hydrogen-bond donors (Lipinski definition) is 1.